The second kappa shape index (κ2) is 9.62. The number of halogens is 4. The maximum atomic E-state index is 13.8. The molecule has 2 aromatic carbocycles. The molecule has 2 atom stereocenters. The molecule has 4 heterocycles. The molecule has 220 valence electrons. The summed E-state index contributed by atoms with van der Waals surface area (Å²) >= 11 is 6.48. The van der Waals surface area contributed by atoms with Crippen molar-refractivity contribution in [2.24, 2.45) is 5.41 Å². The Morgan fingerprint density at radius 3 is 2.67 bits per heavy atom. The molecule has 3 aliphatic heterocycles. The van der Waals surface area contributed by atoms with Crippen molar-refractivity contribution in [2.45, 2.75) is 56.9 Å². The van der Waals surface area contributed by atoms with Gasteiger partial charge in [-0.15, -0.1) is 0 Å². The molecule has 1 unspecified atom stereocenters. The minimum absolute atomic E-state index is 0.0533. The van der Waals surface area contributed by atoms with Gasteiger partial charge in [-0.1, -0.05) is 29.8 Å². The molecule has 4 amide bonds. The first kappa shape index (κ1) is 27.1. The second-order valence-corrected chi connectivity index (χ2v) is 12.2. The van der Waals surface area contributed by atoms with E-state index in [9.17, 15) is 27.6 Å². The van der Waals surface area contributed by atoms with Gasteiger partial charge in [0.25, 0.3) is 0 Å². The van der Waals surface area contributed by atoms with Crippen LogP contribution in [0, 0.1) is 5.41 Å². The van der Waals surface area contributed by atoms with E-state index in [1.165, 1.54) is 6.20 Å². The van der Waals surface area contributed by atoms with Crippen molar-refractivity contribution in [3.63, 3.8) is 0 Å². The van der Waals surface area contributed by atoms with Crippen LogP contribution in [0.5, 0.6) is 0 Å². The maximum Gasteiger partial charge on any atom is 0.406 e. The molecule has 3 aromatic rings. The topological polar surface area (TPSA) is 102 Å². The Morgan fingerprint density at radius 1 is 1.14 bits per heavy atom. The van der Waals surface area contributed by atoms with Gasteiger partial charge in [-0.2, -0.15) is 18.3 Å². The Labute approximate surface area is 243 Å². The van der Waals surface area contributed by atoms with Crippen LogP contribution in [0.2, 0.25) is 5.02 Å². The summed E-state index contributed by atoms with van der Waals surface area (Å²) in [6, 6.07) is 9.11. The van der Waals surface area contributed by atoms with Gasteiger partial charge in [-0.05, 0) is 48.1 Å². The number of nitrogens with one attached hydrogen (secondary N) is 2. The smallest absolute Gasteiger partial charge is 0.343 e. The minimum atomic E-state index is -4.60. The normalized spacial score (nSPS) is 24.2. The number of hydrogen-bond acceptors (Lipinski definition) is 4. The van der Waals surface area contributed by atoms with Gasteiger partial charge in [-0.3, -0.25) is 14.7 Å². The Hall–Kier alpha value is -3.80. The molecular weight excluding hydrogens is 573 g/mol. The molecule has 1 saturated carbocycles. The second-order valence-electron chi connectivity index (χ2n) is 11.8. The number of aromatic amines is 1. The number of nitrogens with zero attached hydrogens (tertiary/aromatic N) is 4. The predicted molar refractivity (Wildman–Crippen MR) is 148 cm³/mol. The molecule has 1 aromatic heterocycles. The van der Waals surface area contributed by atoms with Gasteiger partial charge in [0.1, 0.15) is 6.54 Å². The highest BCUT2D eigenvalue weighted by molar-refractivity contribution is 6.35. The first-order valence-electron chi connectivity index (χ1n) is 14.0. The van der Waals surface area contributed by atoms with Crippen LogP contribution in [-0.2, 0) is 22.7 Å². The number of rotatable bonds is 4. The van der Waals surface area contributed by atoms with Crippen molar-refractivity contribution in [1.29, 1.82) is 0 Å². The lowest BCUT2D eigenvalue weighted by Gasteiger charge is -2.41. The number of H-pyrrole nitrogens is 1. The fourth-order valence-electron chi connectivity index (χ4n) is 7.10. The van der Waals surface area contributed by atoms with Crippen LogP contribution in [-0.4, -0.2) is 74.6 Å². The summed E-state index contributed by atoms with van der Waals surface area (Å²) in [5, 5.41) is 10.7. The minimum Gasteiger partial charge on any atom is -0.343 e. The standard InChI is InChI=1S/C29H28ClF3N6O3/c30-22-9-18-20(19-12-34-36-25(19)22)14-38(15-29(31,32)33)26(41)28(10-21(18)28)11-24(40)37-7-5-17(6-8-37)39-13-16-3-1-2-4-23(16)35-27(39)42/h1-4,9,12,17,21H,5-8,10-11,13-15H2,(H,34,36)(H,35,42)/t21-,28?/m1/s1. The summed E-state index contributed by atoms with van der Waals surface area (Å²) in [6.07, 6.45) is -1.83. The van der Waals surface area contributed by atoms with E-state index in [4.69, 9.17) is 11.6 Å². The van der Waals surface area contributed by atoms with E-state index < -0.39 is 30.0 Å². The van der Waals surface area contributed by atoms with Crippen LogP contribution in [0.15, 0.2) is 36.5 Å². The van der Waals surface area contributed by atoms with Crippen molar-refractivity contribution in [3.8, 4) is 0 Å². The summed E-state index contributed by atoms with van der Waals surface area (Å²) in [7, 11) is 0. The largest absolute Gasteiger partial charge is 0.406 e. The average molecular weight is 601 g/mol. The molecule has 2 fully saturated rings. The number of hydrogen-bond donors (Lipinski definition) is 2. The van der Waals surface area contributed by atoms with Gasteiger partial charge < -0.3 is 20.0 Å². The van der Waals surface area contributed by atoms with Gasteiger partial charge in [-0.25, -0.2) is 4.79 Å². The number of carbonyl (C=O) groups excluding carboxylic acids is 3. The van der Waals surface area contributed by atoms with Crippen molar-refractivity contribution < 1.29 is 27.6 Å². The van der Waals surface area contributed by atoms with Gasteiger partial charge >= 0.3 is 12.2 Å². The van der Waals surface area contributed by atoms with Gasteiger partial charge in [0.2, 0.25) is 11.8 Å². The number of aromatic nitrogens is 2. The third-order valence-electron chi connectivity index (χ3n) is 9.30. The zero-order chi connectivity index (χ0) is 29.4. The number of anilines is 1. The zero-order valence-corrected chi connectivity index (χ0v) is 23.3. The highest BCUT2D eigenvalue weighted by atomic mass is 35.5. The molecule has 9 nitrogen and oxygen atoms in total. The van der Waals surface area contributed by atoms with Crippen LogP contribution >= 0.6 is 11.6 Å². The molecule has 42 heavy (non-hydrogen) atoms. The summed E-state index contributed by atoms with van der Waals surface area (Å²) < 4.78 is 40.9. The van der Waals surface area contributed by atoms with Gasteiger partial charge in [0, 0.05) is 55.6 Å². The van der Waals surface area contributed by atoms with Gasteiger partial charge in [0.15, 0.2) is 0 Å². The van der Waals surface area contributed by atoms with E-state index >= 15 is 0 Å². The van der Waals surface area contributed by atoms with Crippen molar-refractivity contribution in [3.05, 3.63) is 58.2 Å². The van der Waals surface area contributed by atoms with Gasteiger partial charge in [0.05, 0.1) is 22.2 Å². The number of urea groups is 1. The van der Waals surface area contributed by atoms with Crippen LogP contribution in [0.1, 0.15) is 48.3 Å². The average Bonchev–Trinajstić information content (AvgIpc) is 3.46. The molecule has 1 saturated heterocycles. The lowest BCUT2D eigenvalue weighted by molar-refractivity contribution is -0.166. The summed E-state index contributed by atoms with van der Waals surface area (Å²) in [4.78, 5) is 44.5. The number of fused-ring (bicyclic) bond motifs is 6. The van der Waals surface area contributed by atoms with E-state index in [1.54, 1.807) is 15.9 Å². The maximum absolute atomic E-state index is 13.8. The lowest BCUT2D eigenvalue weighted by Crippen LogP contribution is -2.51. The number of piperidine rings is 1. The molecule has 0 spiro atoms. The Bertz CT molecular complexity index is 1620. The summed E-state index contributed by atoms with van der Waals surface area (Å²) in [5.41, 5.74) is 2.37. The number of alkyl halides is 3. The molecule has 2 N–H and O–H groups in total. The number of para-hydroxylation sites is 1. The van der Waals surface area contributed by atoms with Crippen molar-refractivity contribution in [1.82, 2.24) is 24.9 Å². The highest BCUT2D eigenvalue weighted by Gasteiger charge is 2.65. The number of likely N-dealkylation sites (tertiary alicyclic amines) is 1. The van der Waals surface area contributed by atoms with E-state index in [-0.39, 0.29) is 37.4 Å². The Kier molecular flexibility index (Phi) is 6.20. The van der Waals surface area contributed by atoms with E-state index in [0.29, 0.717) is 59.5 Å². The molecule has 13 heteroatoms. The van der Waals surface area contributed by atoms with Crippen LogP contribution < -0.4 is 5.32 Å². The molecule has 4 aliphatic rings. The first-order chi connectivity index (χ1) is 20.0. The van der Waals surface area contributed by atoms with E-state index in [1.807, 2.05) is 24.3 Å². The van der Waals surface area contributed by atoms with Crippen molar-refractivity contribution in [2.75, 3.05) is 25.0 Å². The summed E-state index contributed by atoms with van der Waals surface area (Å²) in [5.74, 6) is -1.32. The first-order valence-corrected chi connectivity index (χ1v) is 14.4. The number of carbonyl (C=O) groups is 3. The number of amides is 4. The fraction of sp³-hybridized carbons (Fsp3) is 0.448. The molecule has 0 radical (unpaired) electrons. The monoisotopic (exact) mass is 600 g/mol. The van der Waals surface area contributed by atoms with Crippen molar-refractivity contribution >= 4 is 46.0 Å². The molecular formula is C29H28ClF3N6O3. The van der Waals surface area contributed by atoms with E-state index in [2.05, 4.69) is 15.5 Å². The molecule has 0 bridgehead atoms. The third kappa shape index (κ3) is 4.47. The van der Waals surface area contributed by atoms with Crippen LogP contribution in [0.25, 0.3) is 10.9 Å². The van der Waals surface area contributed by atoms with E-state index in [0.717, 1.165) is 16.2 Å². The SMILES string of the molecule is O=C(CC12C[C@@H]1c1cc(Cl)c3[nH]ncc3c1CN(CC(F)(F)F)C2=O)N1CCC(N2Cc3ccccc3NC2=O)CC1. The molecule has 7 rings (SSSR count). The zero-order valence-electron chi connectivity index (χ0n) is 22.5. The van der Waals surface area contributed by atoms with Crippen LogP contribution in [0.3, 0.4) is 0 Å². The Balaban J connectivity index is 1.10. The summed E-state index contributed by atoms with van der Waals surface area (Å²) in [6.45, 7) is -0.356. The highest BCUT2D eigenvalue weighted by Crippen LogP contribution is 2.65. The predicted octanol–water partition coefficient (Wildman–Crippen LogP) is 5.02. The molecule has 1 aliphatic carbocycles. The lowest BCUT2D eigenvalue weighted by atomic mass is 9.91. The number of benzene rings is 2. The fourth-order valence-corrected chi connectivity index (χ4v) is 7.37. The quantitative estimate of drug-likeness (QED) is 0.439. The Morgan fingerprint density at radius 2 is 1.90 bits per heavy atom. The third-order valence-corrected chi connectivity index (χ3v) is 9.60. The van der Waals surface area contributed by atoms with Crippen LogP contribution in [0.4, 0.5) is 23.7 Å².